The van der Waals surface area contributed by atoms with Crippen molar-refractivity contribution in [2.45, 2.75) is 32.4 Å². The molecule has 0 radical (unpaired) electrons. The molecule has 0 spiro atoms. The molecule has 0 aliphatic rings. The highest BCUT2D eigenvalue weighted by Gasteiger charge is 2.27. The summed E-state index contributed by atoms with van der Waals surface area (Å²) in [5, 5.41) is 11.6. The first kappa shape index (κ1) is 18.2. The molecule has 0 aliphatic carbocycles. The molecule has 2 amide bonds. The maximum absolute atomic E-state index is 12.4. The van der Waals surface area contributed by atoms with Crippen LogP contribution in [-0.2, 0) is 16.9 Å². The molecule has 0 bridgehead atoms. The van der Waals surface area contributed by atoms with Crippen LogP contribution in [0.4, 0.5) is 0 Å². The van der Waals surface area contributed by atoms with Crippen molar-refractivity contribution < 1.29 is 9.59 Å². The Hall–Kier alpha value is -2.12. The summed E-state index contributed by atoms with van der Waals surface area (Å²) in [5.74, 6) is -0.756. The van der Waals surface area contributed by atoms with Gasteiger partial charge >= 0.3 is 0 Å². The van der Waals surface area contributed by atoms with Gasteiger partial charge in [0.15, 0.2) is 0 Å². The maximum Gasteiger partial charge on any atom is 0.252 e. The quantitative estimate of drug-likeness (QED) is 0.813. The van der Waals surface area contributed by atoms with Gasteiger partial charge in [0, 0.05) is 22.0 Å². The number of carbonyl (C=O) groups excluding carboxylic acids is 2. The van der Waals surface area contributed by atoms with E-state index in [0.717, 1.165) is 0 Å². The zero-order valence-electron chi connectivity index (χ0n) is 13.2. The van der Waals surface area contributed by atoms with Gasteiger partial charge in [-0.1, -0.05) is 28.4 Å². The lowest BCUT2D eigenvalue weighted by atomic mass is 10.0. The molecule has 9 heteroatoms. The molecular weight excluding hydrogens is 353 g/mol. The van der Waals surface area contributed by atoms with E-state index < -0.39 is 11.4 Å². The fraction of sp³-hybridized carbons (Fsp3) is 0.333. The average Bonchev–Trinajstić information content (AvgIpc) is 2.93. The molecule has 0 fully saturated rings. The van der Waals surface area contributed by atoms with Gasteiger partial charge in [0.05, 0.1) is 18.3 Å². The minimum absolute atomic E-state index is 0.163. The van der Waals surface area contributed by atoms with Crippen LogP contribution >= 0.6 is 23.2 Å². The second-order valence-corrected chi connectivity index (χ2v) is 6.69. The Bertz CT molecular complexity index is 753. The Morgan fingerprint density at radius 2 is 1.88 bits per heavy atom. The summed E-state index contributed by atoms with van der Waals surface area (Å²) < 4.78 is 1.50. The molecule has 3 N–H and O–H groups in total. The number of hydrogen-bond acceptors (Lipinski definition) is 4. The van der Waals surface area contributed by atoms with E-state index in [0.29, 0.717) is 27.8 Å². The molecule has 0 saturated carbocycles. The van der Waals surface area contributed by atoms with Crippen LogP contribution in [0.2, 0.25) is 10.0 Å². The number of primary amides is 1. The molecule has 2 rings (SSSR count). The van der Waals surface area contributed by atoms with E-state index in [-0.39, 0.29) is 12.3 Å². The Morgan fingerprint density at radius 1 is 1.25 bits per heavy atom. The number of nitrogens with one attached hydrogen (secondary N) is 1. The predicted molar refractivity (Wildman–Crippen MR) is 90.8 cm³/mol. The van der Waals surface area contributed by atoms with Gasteiger partial charge in [0.2, 0.25) is 5.91 Å². The Morgan fingerprint density at radius 3 is 2.46 bits per heavy atom. The summed E-state index contributed by atoms with van der Waals surface area (Å²) in [6, 6.07) is 4.61. The normalized spacial score (nSPS) is 11.3. The Labute approximate surface area is 149 Å². The summed E-state index contributed by atoms with van der Waals surface area (Å²) in [6.07, 6.45) is 1.82. The fourth-order valence-electron chi connectivity index (χ4n) is 2.02. The lowest BCUT2D eigenvalue weighted by Crippen LogP contribution is -2.41. The predicted octanol–water partition coefficient (Wildman–Crippen LogP) is 2.13. The van der Waals surface area contributed by atoms with Crippen LogP contribution in [0, 0.1) is 0 Å². The van der Waals surface area contributed by atoms with E-state index in [4.69, 9.17) is 28.9 Å². The number of nitrogens with two attached hydrogens (primary N) is 1. The number of rotatable bonds is 6. The summed E-state index contributed by atoms with van der Waals surface area (Å²) in [7, 11) is 0. The fourth-order valence-corrected chi connectivity index (χ4v) is 2.55. The van der Waals surface area contributed by atoms with Crippen LogP contribution in [0.5, 0.6) is 0 Å². The van der Waals surface area contributed by atoms with Crippen molar-refractivity contribution in [3.05, 3.63) is 45.7 Å². The molecule has 7 nitrogen and oxygen atoms in total. The number of aromatic nitrogens is 3. The summed E-state index contributed by atoms with van der Waals surface area (Å²) in [6.45, 7) is 3.91. The average molecular weight is 370 g/mol. The monoisotopic (exact) mass is 369 g/mol. The molecule has 0 atom stereocenters. The number of aryl methyl sites for hydroxylation is 1. The highest BCUT2D eigenvalue weighted by molar-refractivity contribution is 6.35. The first-order valence-electron chi connectivity index (χ1n) is 7.15. The molecular formula is C15H17Cl2N5O2. The van der Waals surface area contributed by atoms with Gasteiger partial charge in [-0.3, -0.25) is 14.3 Å². The number of amides is 2. The van der Waals surface area contributed by atoms with Crippen LogP contribution in [0.25, 0.3) is 0 Å². The second-order valence-electron chi connectivity index (χ2n) is 5.82. The number of halogens is 2. The molecule has 1 heterocycles. The number of benzene rings is 1. The second kappa shape index (κ2) is 7.19. The number of hydrogen-bond donors (Lipinski definition) is 2. The van der Waals surface area contributed by atoms with Gasteiger partial charge in [-0.05, 0) is 32.0 Å². The molecule has 2 aromatic rings. The third-order valence-electron chi connectivity index (χ3n) is 3.32. The van der Waals surface area contributed by atoms with Crippen molar-refractivity contribution in [3.8, 4) is 0 Å². The molecule has 0 saturated heterocycles. The van der Waals surface area contributed by atoms with Crippen molar-refractivity contribution in [2.24, 2.45) is 5.73 Å². The third-order valence-corrected chi connectivity index (χ3v) is 3.75. The van der Waals surface area contributed by atoms with Crippen molar-refractivity contribution >= 4 is 35.0 Å². The maximum atomic E-state index is 12.4. The van der Waals surface area contributed by atoms with Gasteiger partial charge in [-0.2, -0.15) is 0 Å². The van der Waals surface area contributed by atoms with Crippen LogP contribution in [0.15, 0.2) is 24.4 Å². The topological polar surface area (TPSA) is 103 Å². The van der Waals surface area contributed by atoms with Crippen LogP contribution in [0.3, 0.4) is 0 Å². The minimum atomic E-state index is -0.781. The van der Waals surface area contributed by atoms with Gasteiger partial charge in [-0.25, -0.2) is 0 Å². The summed E-state index contributed by atoms with van der Waals surface area (Å²) in [5.41, 5.74) is 5.23. The van der Waals surface area contributed by atoms with Crippen molar-refractivity contribution in [1.82, 2.24) is 20.3 Å². The third kappa shape index (κ3) is 4.69. The summed E-state index contributed by atoms with van der Waals surface area (Å²) in [4.78, 5) is 23.2. The number of carbonyl (C=O) groups is 2. The van der Waals surface area contributed by atoms with E-state index in [1.807, 2.05) is 0 Å². The molecule has 1 aromatic carbocycles. The summed E-state index contributed by atoms with van der Waals surface area (Å²) >= 11 is 11.8. The standard InChI is InChI=1S/C15H17Cl2N5O2/c1-15(2,12-8-22(21-20-12)4-3-13(18)23)19-14(24)9-5-10(16)7-11(17)6-9/h5-8H,3-4H2,1-2H3,(H2,18,23)(H,19,24). The Kier molecular flexibility index (Phi) is 5.46. The lowest BCUT2D eigenvalue weighted by molar-refractivity contribution is -0.118. The Balaban J connectivity index is 2.12. The van der Waals surface area contributed by atoms with Gasteiger partial charge < -0.3 is 11.1 Å². The van der Waals surface area contributed by atoms with Crippen LogP contribution in [-0.4, -0.2) is 26.8 Å². The minimum Gasteiger partial charge on any atom is -0.370 e. The zero-order valence-corrected chi connectivity index (χ0v) is 14.7. The first-order chi connectivity index (χ1) is 11.2. The van der Waals surface area contributed by atoms with Crippen molar-refractivity contribution in [3.63, 3.8) is 0 Å². The lowest BCUT2D eigenvalue weighted by Gasteiger charge is -2.23. The van der Waals surface area contributed by atoms with Crippen molar-refractivity contribution in [1.29, 1.82) is 0 Å². The highest BCUT2D eigenvalue weighted by atomic mass is 35.5. The van der Waals surface area contributed by atoms with E-state index in [2.05, 4.69) is 15.6 Å². The molecule has 0 aliphatic heterocycles. The zero-order chi connectivity index (χ0) is 17.9. The van der Waals surface area contributed by atoms with Gasteiger partial charge in [-0.15, -0.1) is 5.10 Å². The smallest absolute Gasteiger partial charge is 0.252 e. The van der Waals surface area contributed by atoms with E-state index in [1.54, 1.807) is 26.1 Å². The van der Waals surface area contributed by atoms with Gasteiger partial charge in [0.25, 0.3) is 5.91 Å². The highest BCUT2D eigenvalue weighted by Crippen LogP contribution is 2.22. The van der Waals surface area contributed by atoms with E-state index >= 15 is 0 Å². The first-order valence-corrected chi connectivity index (χ1v) is 7.90. The van der Waals surface area contributed by atoms with Crippen LogP contribution < -0.4 is 11.1 Å². The molecule has 128 valence electrons. The van der Waals surface area contributed by atoms with E-state index in [9.17, 15) is 9.59 Å². The van der Waals surface area contributed by atoms with Gasteiger partial charge in [0.1, 0.15) is 5.69 Å². The van der Waals surface area contributed by atoms with E-state index in [1.165, 1.54) is 16.8 Å². The number of nitrogens with zero attached hydrogens (tertiary/aromatic N) is 3. The van der Waals surface area contributed by atoms with Crippen molar-refractivity contribution in [2.75, 3.05) is 0 Å². The SMILES string of the molecule is CC(C)(NC(=O)c1cc(Cl)cc(Cl)c1)c1cn(CCC(N)=O)nn1. The molecule has 0 unspecified atom stereocenters. The van der Waals surface area contributed by atoms with Crippen LogP contribution in [0.1, 0.15) is 36.3 Å². The largest absolute Gasteiger partial charge is 0.370 e. The molecule has 24 heavy (non-hydrogen) atoms. The molecule has 1 aromatic heterocycles.